The quantitative estimate of drug-likeness (QED) is 0.858. The molecule has 21 heavy (non-hydrogen) atoms. The van der Waals surface area contributed by atoms with Crippen LogP contribution in [0.1, 0.15) is 49.3 Å². The summed E-state index contributed by atoms with van der Waals surface area (Å²) in [5.41, 5.74) is 4.73. The monoisotopic (exact) mass is 288 g/mol. The number of nitrogens with zero attached hydrogens (tertiary/aromatic N) is 1. The normalized spacial score (nSPS) is 19.1. The fourth-order valence-electron chi connectivity index (χ4n) is 4.17. The fraction of sp³-hybridized carbons (Fsp3) is 0.684. The average Bonchev–Trinajstić information content (AvgIpc) is 2.92. The number of aryl methyl sites for hydroxylation is 2. The van der Waals surface area contributed by atoms with E-state index in [0.717, 1.165) is 13.0 Å². The molecule has 0 spiro atoms. The fourth-order valence-corrected chi connectivity index (χ4v) is 4.17. The Bertz CT molecular complexity index is 438. The molecule has 0 aliphatic heterocycles. The Balaban J connectivity index is 2.30. The highest BCUT2D eigenvalue weighted by Gasteiger charge is 2.42. The maximum absolute atomic E-state index is 3.81. The Labute approximate surface area is 130 Å². The van der Waals surface area contributed by atoms with Gasteiger partial charge in [0.25, 0.3) is 0 Å². The molecule has 0 aromatic heterocycles. The molecule has 2 rings (SSSR count). The van der Waals surface area contributed by atoms with Gasteiger partial charge in [-0.05, 0) is 70.4 Å². The third-order valence-electron chi connectivity index (χ3n) is 5.51. The van der Waals surface area contributed by atoms with Crippen LogP contribution in [0.4, 0.5) is 0 Å². The zero-order chi connectivity index (χ0) is 15.5. The predicted octanol–water partition coefficient (Wildman–Crippen LogP) is 3.70. The van der Waals surface area contributed by atoms with Crippen LogP contribution < -0.4 is 5.32 Å². The summed E-state index contributed by atoms with van der Waals surface area (Å²) in [6.45, 7) is 7.78. The summed E-state index contributed by atoms with van der Waals surface area (Å²) < 4.78 is 0. The lowest BCUT2D eigenvalue weighted by Crippen LogP contribution is -2.58. The number of hydrogen-bond acceptors (Lipinski definition) is 2. The molecule has 1 atom stereocenters. The molecule has 1 fully saturated rings. The third-order valence-corrected chi connectivity index (χ3v) is 5.51. The van der Waals surface area contributed by atoms with Gasteiger partial charge in [-0.2, -0.15) is 0 Å². The topological polar surface area (TPSA) is 15.3 Å². The highest BCUT2D eigenvalue weighted by Crippen LogP contribution is 2.38. The molecular formula is C19H32N2. The van der Waals surface area contributed by atoms with Gasteiger partial charge >= 0.3 is 0 Å². The minimum atomic E-state index is 0.324. The first-order valence-corrected chi connectivity index (χ1v) is 8.47. The van der Waals surface area contributed by atoms with Crippen LogP contribution in [0.15, 0.2) is 18.2 Å². The van der Waals surface area contributed by atoms with E-state index in [1.807, 2.05) is 0 Å². The van der Waals surface area contributed by atoms with Crippen LogP contribution in [0.3, 0.4) is 0 Å². The second kappa shape index (κ2) is 6.93. The van der Waals surface area contributed by atoms with E-state index >= 15 is 0 Å². The van der Waals surface area contributed by atoms with Crippen LogP contribution in [0, 0.1) is 13.8 Å². The van der Waals surface area contributed by atoms with Gasteiger partial charge in [0.2, 0.25) is 0 Å². The van der Waals surface area contributed by atoms with E-state index < -0.39 is 0 Å². The van der Waals surface area contributed by atoms with Crippen LogP contribution in [0.5, 0.6) is 0 Å². The number of rotatable bonds is 6. The van der Waals surface area contributed by atoms with Crippen LogP contribution in [-0.2, 0) is 6.42 Å². The molecular weight excluding hydrogens is 256 g/mol. The Hall–Kier alpha value is -0.860. The van der Waals surface area contributed by atoms with Crippen LogP contribution in [0.25, 0.3) is 0 Å². The van der Waals surface area contributed by atoms with E-state index in [0.29, 0.717) is 11.6 Å². The standard InChI is InChI=1S/C19H32N2/c1-6-20-18(19(21(4)5)12-7-8-13-19)14-17-15(2)10-9-11-16(17)3/h9-11,18,20H,6-8,12-14H2,1-5H3. The van der Waals surface area contributed by atoms with E-state index in [4.69, 9.17) is 0 Å². The first-order chi connectivity index (χ1) is 10.0. The van der Waals surface area contributed by atoms with E-state index in [1.54, 1.807) is 0 Å². The lowest BCUT2D eigenvalue weighted by Gasteiger charge is -2.44. The summed E-state index contributed by atoms with van der Waals surface area (Å²) in [6, 6.07) is 7.22. The highest BCUT2D eigenvalue weighted by molar-refractivity contribution is 5.34. The highest BCUT2D eigenvalue weighted by atomic mass is 15.2. The molecule has 1 aliphatic carbocycles. The summed E-state index contributed by atoms with van der Waals surface area (Å²) in [5.74, 6) is 0. The average molecular weight is 288 g/mol. The van der Waals surface area contributed by atoms with Gasteiger partial charge in [0.05, 0.1) is 0 Å². The van der Waals surface area contributed by atoms with Crippen molar-refractivity contribution in [2.75, 3.05) is 20.6 Å². The Morgan fingerprint density at radius 3 is 2.19 bits per heavy atom. The van der Waals surface area contributed by atoms with Gasteiger partial charge in [0.1, 0.15) is 0 Å². The molecule has 1 N–H and O–H groups in total. The van der Waals surface area contributed by atoms with Crippen molar-refractivity contribution < 1.29 is 0 Å². The molecule has 0 bridgehead atoms. The molecule has 118 valence electrons. The Kier molecular flexibility index (Phi) is 5.45. The molecule has 1 saturated carbocycles. The summed E-state index contributed by atoms with van der Waals surface area (Å²) >= 11 is 0. The molecule has 1 aromatic carbocycles. The van der Waals surface area contributed by atoms with Crippen molar-refractivity contribution >= 4 is 0 Å². The SMILES string of the molecule is CCNC(Cc1c(C)cccc1C)C1(N(C)C)CCCC1. The molecule has 1 aromatic rings. The number of hydrogen-bond donors (Lipinski definition) is 1. The zero-order valence-corrected chi connectivity index (χ0v) is 14.5. The molecule has 0 radical (unpaired) electrons. The van der Waals surface area contributed by atoms with Crippen molar-refractivity contribution in [2.45, 2.75) is 64.5 Å². The van der Waals surface area contributed by atoms with E-state index in [1.165, 1.54) is 42.4 Å². The Morgan fingerprint density at radius 1 is 1.14 bits per heavy atom. The molecule has 1 unspecified atom stereocenters. The summed E-state index contributed by atoms with van der Waals surface area (Å²) in [7, 11) is 4.53. The summed E-state index contributed by atoms with van der Waals surface area (Å²) in [5, 5.41) is 3.81. The smallest absolute Gasteiger partial charge is 0.0359 e. The van der Waals surface area contributed by atoms with Gasteiger partial charge in [-0.25, -0.2) is 0 Å². The van der Waals surface area contributed by atoms with Gasteiger partial charge in [-0.3, -0.25) is 0 Å². The minimum absolute atomic E-state index is 0.324. The minimum Gasteiger partial charge on any atom is -0.312 e. The molecule has 0 heterocycles. The molecule has 0 saturated heterocycles. The maximum atomic E-state index is 3.81. The van der Waals surface area contributed by atoms with E-state index in [-0.39, 0.29) is 0 Å². The number of benzene rings is 1. The van der Waals surface area contributed by atoms with Gasteiger partial charge in [0.15, 0.2) is 0 Å². The first-order valence-electron chi connectivity index (χ1n) is 8.47. The Morgan fingerprint density at radius 2 is 1.71 bits per heavy atom. The molecule has 2 nitrogen and oxygen atoms in total. The maximum Gasteiger partial charge on any atom is 0.0359 e. The van der Waals surface area contributed by atoms with Crippen molar-refractivity contribution in [1.29, 1.82) is 0 Å². The van der Waals surface area contributed by atoms with Gasteiger partial charge in [-0.1, -0.05) is 38.0 Å². The number of nitrogens with one attached hydrogen (secondary N) is 1. The van der Waals surface area contributed by atoms with Crippen molar-refractivity contribution in [1.82, 2.24) is 10.2 Å². The van der Waals surface area contributed by atoms with Gasteiger partial charge in [0, 0.05) is 11.6 Å². The lowest BCUT2D eigenvalue weighted by atomic mass is 9.81. The zero-order valence-electron chi connectivity index (χ0n) is 14.5. The van der Waals surface area contributed by atoms with Gasteiger partial charge < -0.3 is 10.2 Å². The van der Waals surface area contributed by atoms with E-state index in [2.05, 4.69) is 63.3 Å². The number of likely N-dealkylation sites (N-methyl/N-ethyl adjacent to an activating group) is 2. The van der Waals surface area contributed by atoms with Crippen molar-refractivity contribution in [3.8, 4) is 0 Å². The molecule has 2 heteroatoms. The predicted molar refractivity (Wildman–Crippen MR) is 92.0 cm³/mol. The molecule has 0 amide bonds. The van der Waals surface area contributed by atoms with Crippen LogP contribution in [-0.4, -0.2) is 37.1 Å². The van der Waals surface area contributed by atoms with E-state index in [9.17, 15) is 0 Å². The first kappa shape index (κ1) is 16.5. The largest absolute Gasteiger partial charge is 0.312 e. The van der Waals surface area contributed by atoms with Crippen molar-refractivity contribution in [3.63, 3.8) is 0 Å². The second-order valence-electron chi connectivity index (χ2n) is 6.89. The lowest BCUT2D eigenvalue weighted by molar-refractivity contribution is 0.105. The van der Waals surface area contributed by atoms with Gasteiger partial charge in [-0.15, -0.1) is 0 Å². The van der Waals surface area contributed by atoms with Crippen LogP contribution in [0.2, 0.25) is 0 Å². The molecule has 1 aliphatic rings. The van der Waals surface area contributed by atoms with Crippen molar-refractivity contribution in [3.05, 3.63) is 34.9 Å². The van der Waals surface area contributed by atoms with Crippen molar-refractivity contribution in [2.24, 2.45) is 0 Å². The summed E-state index contributed by atoms with van der Waals surface area (Å²) in [4.78, 5) is 2.49. The third kappa shape index (κ3) is 3.32. The second-order valence-corrected chi connectivity index (χ2v) is 6.89. The summed E-state index contributed by atoms with van der Waals surface area (Å²) in [6.07, 6.45) is 6.52. The van der Waals surface area contributed by atoms with Crippen LogP contribution >= 0.6 is 0 Å².